The lowest BCUT2D eigenvalue weighted by molar-refractivity contribution is 0.108. The van der Waals surface area contributed by atoms with Crippen LogP contribution >= 0.6 is 0 Å². The third-order valence-corrected chi connectivity index (χ3v) is 5.30. The van der Waals surface area contributed by atoms with Crippen molar-refractivity contribution >= 4 is 5.96 Å². The van der Waals surface area contributed by atoms with Crippen molar-refractivity contribution in [2.75, 3.05) is 72.6 Å². The van der Waals surface area contributed by atoms with Gasteiger partial charge in [-0.25, -0.2) is 0 Å². The molecule has 6 nitrogen and oxygen atoms in total. The van der Waals surface area contributed by atoms with Crippen LogP contribution in [0.15, 0.2) is 4.99 Å². The standard InChI is InChI=1S/C19H39N5O/c1-5-20-19(22(4)13-14-25-16-18-7-8-18)21-15-17(3)24-11-9-23(6-2)10-12-24/h17-18H,5-16H2,1-4H3,(H,20,21). The van der Waals surface area contributed by atoms with E-state index in [0.717, 1.165) is 57.8 Å². The molecule has 0 radical (unpaired) electrons. The Morgan fingerprint density at radius 2 is 1.96 bits per heavy atom. The summed E-state index contributed by atoms with van der Waals surface area (Å²) in [5, 5.41) is 3.41. The van der Waals surface area contributed by atoms with Crippen LogP contribution in [0.25, 0.3) is 0 Å². The monoisotopic (exact) mass is 353 g/mol. The van der Waals surface area contributed by atoms with E-state index in [-0.39, 0.29) is 0 Å². The van der Waals surface area contributed by atoms with Gasteiger partial charge >= 0.3 is 0 Å². The number of nitrogens with zero attached hydrogens (tertiary/aromatic N) is 4. The lowest BCUT2D eigenvalue weighted by atomic mass is 10.2. The summed E-state index contributed by atoms with van der Waals surface area (Å²) < 4.78 is 5.76. The molecule has 2 aliphatic rings. The van der Waals surface area contributed by atoms with Crippen molar-refractivity contribution in [3.05, 3.63) is 0 Å². The Labute approximate surface area is 154 Å². The average molecular weight is 354 g/mol. The van der Waals surface area contributed by atoms with Gasteiger partial charge in [0, 0.05) is 59.0 Å². The summed E-state index contributed by atoms with van der Waals surface area (Å²) in [6, 6.07) is 0.493. The molecular formula is C19H39N5O. The third kappa shape index (κ3) is 7.50. The number of aliphatic imine (C=N–C) groups is 1. The van der Waals surface area contributed by atoms with Gasteiger partial charge in [-0.15, -0.1) is 0 Å². The summed E-state index contributed by atoms with van der Waals surface area (Å²) in [4.78, 5) is 12.2. The van der Waals surface area contributed by atoms with Crippen LogP contribution in [-0.2, 0) is 4.74 Å². The Morgan fingerprint density at radius 1 is 1.24 bits per heavy atom. The zero-order valence-electron chi connectivity index (χ0n) is 16.8. The molecule has 0 aromatic heterocycles. The van der Waals surface area contributed by atoms with Crippen LogP contribution in [0.5, 0.6) is 0 Å². The Morgan fingerprint density at radius 3 is 2.56 bits per heavy atom. The Bertz CT molecular complexity index is 391. The minimum absolute atomic E-state index is 0.493. The van der Waals surface area contributed by atoms with Crippen molar-refractivity contribution in [3.8, 4) is 0 Å². The highest BCUT2D eigenvalue weighted by Crippen LogP contribution is 2.28. The number of guanidine groups is 1. The van der Waals surface area contributed by atoms with Gasteiger partial charge in [0.2, 0.25) is 0 Å². The first-order valence-corrected chi connectivity index (χ1v) is 10.2. The summed E-state index contributed by atoms with van der Waals surface area (Å²) in [7, 11) is 2.10. The first-order chi connectivity index (χ1) is 12.1. The smallest absolute Gasteiger partial charge is 0.193 e. The van der Waals surface area contributed by atoms with Crippen LogP contribution in [0.4, 0.5) is 0 Å². The van der Waals surface area contributed by atoms with Crippen LogP contribution in [0.2, 0.25) is 0 Å². The second-order valence-electron chi connectivity index (χ2n) is 7.45. The minimum atomic E-state index is 0.493. The van der Waals surface area contributed by atoms with Gasteiger partial charge in [-0.2, -0.15) is 0 Å². The minimum Gasteiger partial charge on any atom is -0.379 e. The second-order valence-corrected chi connectivity index (χ2v) is 7.45. The van der Waals surface area contributed by atoms with Gasteiger partial charge in [0.15, 0.2) is 5.96 Å². The van der Waals surface area contributed by atoms with Gasteiger partial charge < -0.3 is 19.9 Å². The molecule has 1 heterocycles. The lowest BCUT2D eigenvalue weighted by Crippen LogP contribution is -2.50. The molecule has 2 rings (SSSR count). The number of nitrogens with one attached hydrogen (secondary N) is 1. The molecule has 1 saturated heterocycles. The third-order valence-electron chi connectivity index (χ3n) is 5.30. The van der Waals surface area contributed by atoms with E-state index >= 15 is 0 Å². The molecule has 1 saturated carbocycles. The van der Waals surface area contributed by atoms with E-state index in [9.17, 15) is 0 Å². The van der Waals surface area contributed by atoms with Crippen molar-refractivity contribution in [2.24, 2.45) is 10.9 Å². The first-order valence-electron chi connectivity index (χ1n) is 10.2. The number of ether oxygens (including phenoxy) is 1. The molecule has 0 aromatic carbocycles. The van der Waals surface area contributed by atoms with E-state index in [1.165, 1.54) is 32.5 Å². The quantitative estimate of drug-likeness (QED) is 0.365. The molecule has 1 aliphatic heterocycles. The largest absolute Gasteiger partial charge is 0.379 e. The molecule has 0 bridgehead atoms. The van der Waals surface area contributed by atoms with Crippen LogP contribution in [0, 0.1) is 5.92 Å². The molecule has 2 fully saturated rings. The molecule has 6 heteroatoms. The highest BCUT2D eigenvalue weighted by Gasteiger charge is 2.21. The van der Waals surface area contributed by atoms with Crippen molar-refractivity contribution in [1.82, 2.24) is 20.0 Å². The fourth-order valence-electron chi connectivity index (χ4n) is 3.17. The highest BCUT2D eigenvalue weighted by molar-refractivity contribution is 5.79. The van der Waals surface area contributed by atoms with Gasteiger partial charge in [0.25, 0.3) is 0 Å². The number of rotatable bonds is 10. The number of hydrogen-bond donors (Lipinski definition) is 1. The van der Waals surface area contributed by atoms with Crippen LogP contribution in [-0.4, -0.2) is 99.3 Å². The SMILES string of the molecule is CCNC(=NCC(C)N1CCN(CC)CC1)N(C)CCOCC1CC1. The van der Waals surface area contributed by atoms with Crippen LogP contribution in [0.1, 0.15) is 33.6 Å². The zero-order valence-corrected chi connectivity index (χ0v) is 16.8. The first kappa shape index (κ1) is 20.5. The second kappa shape index (κ2) is 11.0. The Balaban J connectivity index is 1.72. The van der Waals surface area contributed by atoms with Crippen molar-refractivity contribution in [2.45, 2.75) is 39.7 Å². The average Bonchev–Trinajstić information content (AvgIpc) is 3.46. The summed E-state index contributed by atoms with van der Waals surface area (Å²) >= 11 is 0. The van der Waals surface area contributed by atoms with Crippen LogP contribution < -0.4 is 5.32 Å². The fraction of sp³-hybridized carbons (Fsp3) is 0.947. The summed E-state index contributed by atoms with van der Waals surface area (Å²) in [5.74, 6) is 1.83. The summed E-state index contributed by atoms with van der Waals surface area (Å²) in [6.07, 6.45) is 2.70. The van der Waals surface area contributed by atoms with Crippen molar-refractivity contribution < 1.29 is 4.74 Å². The number of piperazine rings is 1. The summed E-state index contributed by atoms with van der Waals surface area (Å²) in [6.45, 7) is 16.9. The maximum absolute atomic E-state index is 5.76. The maximum atomic E-state index is 5.76. The molecule has 25 heavy (non-hydrogen) atoms. The predicted octanol–water partition coefficient (Wildman–Crippen LogP) is 1.34. The zero-order chi connectivity index (χ0) is 18.1. The van der Waals surface area contributed by atoms with E-state index in [0.29, 0.717) is 6.04 Å². The number of hydrogen-bond acceptors (Lipinski definition) is 4. The van der Waals surface area contributed by atoms with Crippen LogP contribution in [0.3, 0.4) is 0 Å². The van der Waals surface area contributed by atoms with E-state index in [2.05, 4.69) is 47.8 Å². The molecule has 1 atom stereocenters. The highest BCUT2D eigenvalue weighted by atomic mass is 16.5. The maximum Gasteiger partial charge on any atom is 0.193 e. The lowest BCUT2D eigenvalue weighted by Gasteiger charge is -2.37. The molecule has 0 aromatic rings. The molecule has 146 valence electrons. The topological polar surface area (TPSA) is 43.3 Å². The van der Waals surface area contributed by atoms with Gasteiger partial charge in [0.1, 0.15) is 0 Å². The van der Waals surface area contributed by atoms with Crippen molar-refractivity contribution in [3.63, 3.8) is 0 Å². The van der Waals surface area contributed by atoms with Gasteiger partial charge in [-0.3, -0.25) is 9.89 Å². The van der Waals surface area contributed by atoms with E-state index in [1.54, 1.807) is 0 Å². The Kier molecular flexibility index (Phi) is 8.99. The molecule has 1 N–H and O–H groups in total. The molecule has 1 unspecified atom stereocenters. The molecular weight excluding hydrogens is 314 g/mol. The normalized spacial score (nSPS) is 21.4. The molecule has 0 spiro atoms. The predicted molar refractivity (Wildman–Crippen MR) is 105 cm³/mol. The van der Waals surface area contributed by atoms with Gasteiger partial charge in [-0.1, -0.05) is 6.92 Å². The van der Waals surface area contributed by atoms with E-state index in [4.69, 9.17) is 9.73 Å². The molecule has 0 amide bonds. The summed E-state index contributed by atoms with van der Waals surface area (Å²) in [5.41, 5.74) is 0. The van der Waals surface area contributed by atoms with Gasteiger partial charge in [-0.05, 0) is 39.2 Å². The van der Waals surface area contributed by atoms with E-state index < -0.39 is 0 Å². The fourth-order valence-corrected chi connectivity index (χ4v) is 3.17. The van der Waals surface area contributed by atoms with Gasteiger partial charge in [0.05, 0.1) is 13.2 Å². The number of likely N-dealkylation sites (N-methyl/N-ethyl adjacent to an activating group) is 2. The Hall–Kier alpha value is -0.850. The van der Waals surface area contributed by atoms with Crippen molar-refractivity contribution in [1.29, 1.82) is 0 Å². The molecule has 1 aliphatic carbocycles. The van der Waals surface area contributed by atoms with E-state index in [1.807, 2.05) is 0 Å².